The van der Waals surface area contributed by atoms with Gasteiger partial charge in [-0.15, -0.1) is 10.2 Å². The van der Waals surface area contributed by atoms with Gasteiger partial charge in [0.05, 0.1) is 26.0 Å². The van der Waals surface area contributed by atoms with Gasteiger partial charge in [0.1, 0.15) is 17.8 Å². The van der Waals surface area contributed by atoms with Crippen molar-refractivity contribution in [2.24, 2.45) is 0 Å². The first kappa shape index (κ1) is 19.1. The van der Waals surface area contributed by atoms with Crippen molar-refractivity contribution < 1.29 is 14.3 Å². The number of nitrogens with one attached hydrogen (secondary N) is 1. The van der Waals surface area contributed by atoms with Gasteiger partial charge in [0, 0.05) is 17.7 Å². The number of hydrogen-bond acceptors (Lipinski definition) is 6. The molecule has 0 radical (unpaired) electrons. The molecule has 1 heterocycles. The van der Waals surface area contributed by atoms with Crippen LogP contribution >= 0.6 is 11.8 Å². The first-order valence-electron chi connectivity index (χ1n) is 7.99. The van der Waals surface area contributed by atoms with Crippen molar-refractivity contribution in [1.29, 1.82) is 0 Å². The van der Waals surface area contributed by atoms with E-state index in [0.717, 1.165) is 10.7 Å². The highest BCUT2D eigenvalue weighted by atomic mass is 32.2. The molecule has 0 saturated heterocycles. The number of ether oxygens (including phenoxy) is 2. The Hall–Kier alpha value is -2.22. The fourth-order valence-corrected chi connectivity index (χ4v) is 3.21. The zero-order chi connectivity index (χ0) is 18.4. The Bertz CT molecular complexity index is 718. The molecular formula is C17H24N4O3S. The Labute approximate surface area is 152 Å². The van der Waals surface area contributed by atoms with Gasteiger partial charge in [-0.25, -0.2) is 0 Å². The second kappa shape index (κ2) is 8.75. The third-order valence-electron chi connectivity index (χ3n) is 3.71. The van der Waals surface area contributed by atoms with Gasteiger partial charge >= 0.3 is 0 Å². The van der Waals surface area contributed by atoms with Crippen LogP contribution in [0.1, 0.15) is 38.4 Å². The Kier molecular flexibility index (Phi) is 6.69. The monoisotopic (exact) mass is 364 g/mol. The molecule has 0 aliphatic heterocycles. The first-order chi connectivity index (χ1) is 12.0. The molecule has 0 aliphatic rings. The second-order valence-electron chi connectivity index (χ2n) is 5.80. The largest absolute Gasteiger partial charge is 0.497 e. The highest BCUT2D eigenvalue weighted by Crippen LogP contribution is 2.29. The molecule has 0 spiro atoms. The van der Waals surface area contributed by atoms with Crippen LogP contribution < -0.4 is 14.8 Å². The van der Waals surface area contributed by atoms with E-state index in [1.165, 1.54) is 11.8 Å². The third kappa shape index (κ3) is 4.88. The van der Waals surface area contributed by atoms with Crippen LogP contribution in [0.3, 0.4) is 0 Å². The molecule has 136 valence electrons. The zero-order valence-electron chi connectivity index (χ0n) is 15.1. The Morgan fingerprint density at radius 1 is 1.28 bits per heavy atom. The smallest absolute Gasteiger partial charge is 0.230 e. The molecule has 0 aliphatic carbocycles. The van der Waals surface area contributed by atoms with Crippen molar-refractivity contribution in [3.05, 3.63) is 30.1 Å². The lowest BCUT2D eigenvalue weighted by Crippen LogP contribution is -2.28. The van der Waals surface area contributed by atoms with Crippen LogP contribution in [-0.2, 0) is 4.79 Å². The molecule has 1 N–H and O–H groups in total. The molecule has 1 aromatic carbocycles. The molecule has 8 heteroatoms. The first-order valence-corrected chi connectivity index (χ1v) is 8.98. The summed E-state index contributed by atoms with van der Waals surface area (Å²) >= 11 is 1.37. The van der Waals surface area contributed by atoms with E-state index in [1.54, 1.807) is 26.6 Å². The van der Waals surface area contributed by atoms with Crippen LogP contribution in [0.15, 0.2) is 29.7 Å². The fourth-order valence-electron chi connectivity index (χ4n) is 2.36. The van der Waals surface area contributed by atoms with E-state index < -0.39 is 0 Å². The number of rotatable bonds is 8. The molecule has 1 aromatic heterocycles. The maximum atomic E-state index is 12.3. The molecule has 2 rings (SSSR count). The van der Waals surface area contributed by atoms with Gasteiger partial charge in [-0.3, -0.25) is 4.79 Å². The minimum absolute atomic E-state index is 0.0753. The molecule has 2 aromatic rings. The Morgan fingerprint density at radius 3 is 2.68 bits per heavy atom. The van der Waals surface area contributed by atoms with Crippen LogP contribution in [0.5, 0.6) is 11.5 Å². The number of hydrogen-bond donors (Lipinski definition) is 1. The lowest BCUT2D eigenvalue weighted by Gasteiger charge is -2.18. The van der Waals surface area contributed by atoms with Crippen molar-refractivity contribution in [2.45, 2.75) is 38.0 Å². The topological polar surface area (TPSA) is 78.3 Å². The van der Waals surface area contributed by atoms with Gasteiger partial charge in [-0.2, -0.15) is 0 Å². The predicted octanol–water partition coefficient (Wildman–Crippen LogP) is 2.85. The maximum absolute atomic E-state index is 12.3. The summed E-state index contributed by atoms with van der Waals surface area (Å²) < 4.78 is 12.5. The molecule has 0 bridgehead atoms. The number of thioether (sulfide) groups is 1. The molecule has 0 fully saturated rings. The van der Waals surface area contributed by atoms with E-state index >= 15 is 0 Å². The number of amides is 1. The van der Waals surface area contributed by atoms with Crippen molar-refractivity contribution in [2.75, 3.05) is 20.0 Å². The molecule has 25 heavy (non-hydrogen) atoms. The summed E-state index contributed by atoms with van der Waals surface area (Å²) in [5, 5.41) is 11.7. The van der Waals surface area contributed by atoms with Gasteiger partial charge in [-0.05, 0) is 32.9 Å². The molecule has 1 atom stereocenters. The predicted molar refractivity (Wildman–Crippen MR) is 97.2 cm³/mol. The highest BCUT2D eigenvalue weighted by molar-refractivity contribution is 7.99. The van der Waals surface area contributed by atoms with Crippen molar-refractivity contribution in [3.63, 3.8) is 0 Å². The standard InChI is InChI=1S/C17H24N4O3S/c1-11(2)21-10-18-20-17(21)25-9-16(22)19-12(3)14-7-6-13(23-4)8-15(14)24-5/h6-8,10-12H,9H2,1-5H3,(H,19,22). The van der Waals surface area contributed by atoms with E-state index in [1.807, 2.05) is 37.5 Å². The normalized spacial score (nSPS) is 12.1. The van der Waals surface area contributed by atoms with Crippen LogP contribution in [0, 0.1) is 0 Å². The zero-order valence-corrected chi connectivity index (χ0v) is 16.0. The number of methoxy groups -OCH3 is 2. The van der Waals surface area contributed by atoms with Crippen LogP contribution in [-0.4, -0.2) is 40.6 Å². The third-order valence-corrected chi connectivity index (χ3v) is 4.67. The van der Waals surface area contributed by atoms with Crippen molar-refractivity contribution in [1.82, 2.24) is 20.1 Å². The summed E-state index contributed by atoms with van der Waals surface area (Å²) in [6, 6.07) is 5.61. The average molecular weight is 364 g/mol. The Morgan fingerprint density at radius 2 is 2.04 bits per heavy atom. The van der Waals surface area contributed by atoms with E-state index in [0.29, 0.717) is 11.5 Å². The van der Waals surface area contributed by atoms with Crippen molar-refractivity contribution >= 4 is 17.7 Å². The van der Waals surface area contributed by atoms with Gasteiger partial charge in [0.15, 0.2) is 5.16 Å². The average Bonchev–Trinajstić information content (AvgIpc) is 3.08. The van der Waals surface area contributed by atoms with Gasteiger partial charge < -0.3 is 19.4 Å². The molecule has 0 saturated carbocycles. The lowest BCUT2D eigenvalue weighted by molar-refractivity contribution is -0.119. The van der Waals surface area contributed by atoms with E-state index in [4.69, 9.17) is 9.47 Å². The van der Waals surface area contributed by atoms with Gasteiger partial charge in [-0.1, -0.05) is 11.8 Å². The summed E-state index contributed by atoms with van der Waals surface area (Å²) in [5.74, 6) is 1.59. The SMILES string of the molecule is COc1ccc(C(C)NC(=O)CSc2nncn2C(C)C)c(OC)c1. The summed E-state index contributed by atoms with van der Waals surface area (Å²) in [6.45, 7) is 6.01. The maximum Gasteiger partial charge on any atom is 0.230 e. The van der Waals surface area contributed by atoms with Crippen molar-refractivity contribution in [3.8, 4) is 11.5 Å². The quantitative estimate of drug-likeness (QED) is 0.726. The molecule has 1 amide bonds. The molecule has 7 nitrogen and oxygen atoms in total. The Balaban J connectivity index is 1.97. The summed E-state index contributed by atoms with van der Waals surface area (Å²) in [5.41, 5.74) is 0.895. The van der Waals surface area contributed by atoms with E-state index in [2.05, 4.69) is 15.5 Å². The lowest BCUT2D eigenvalue weighted by atomic mass is 10.1. The van der Waals surface area contributed by atoms with Gasteiger partial charge in [0.25, 0.3) is 0 Å². The number of nitrogens with zero attached hydrogens (tertiary/aromatic N) is 3. The summed E-state index contributed by atoms with van der Waals surface area (Å²) in [6.07, 6.45) is 1.68. The number of carbonyl (C=O) groups excluding carboxylic acids is 1. The second-order valence-corrected chi connectivity index (χ2v) is 6.74. The highest BCUT2D eigenvalue weighted by Gasteiger charge is 2.16. The van der Waals surface area contributed by atoms with E-state index in [-0.39, 0.29) is 23.7 Å². The molecular weight excluding hydrogens is 340 g/mol. The van der Waals surface area contributed by atoms with Crippen LogP contribution in [0.4, 0.5) is 0 Å². The van der Waals surface area contributed by atoms with Gasteiger partial charge in [0.2, 0.25) is 5.91 Å². The summed E-state index contributed by atoms with van der Waals surface area (Å²) in [4.78, 5) is 12.3. The fraction of sp³-hybridized carbons (Fsp3) is 0.471. The number of carbonyl (C=O) groups is 1. The van der Waals surface area contributed by atoms with E-state index in [9.17, 15) is 4.79 Å². The summed E-state index contributed by atoms with van der Waals surface area (Å²) in [7, 11) is 3.20. The molecule has 1 unspecified atom stereocenters. The minimum atomic E-state index is -0.183. The number of benzene rings is 1. The van der Waals surface area contributed by atoms with Crippen LogP contribution in [0.25, 0.3) is 0 Å². The minimum Gasteiger partial charge on any atom is -0.497 e. The van der Waals surface area contributed by atoms with Crippen LogP contribution in [0.2, 0.25) is 0 Å². The number of aromatic nitrogens is 3.